The van der Waals surface area contributed by atoms with E-state index in [-0.39, 0.29) is 0 Å². The molecule has 0 amide bonds. The molecular formula is C34H34N4O2S2. The number of ether oxygens (including phenoxy) is 1. The van der Waals surface area contributed by atoms with E-state index in [0.717, 1.165) is 67.2 Å². The van der Waals surface area contributed by atoms with Crippen LogP contribution in [-0.2, 0) is 0 Å². The molecule has 4 aromatic carbocycles. The number of aromatic nitrogens is 2. The normalized spacial score (nSPS) is 14.2. The third kappa shape index (κ3) is 7.14. The molecule has 1 fully saturated rings. The van der Waals surface area contributed by atoms with Gasteiger partial charge in [0.05, 0.1) is 44.1 Å². The van der Waals surface area contributed by atoms with Crippen molar-refractivity contribution < 1.29 is 9.84 Å². The smallest absolute Gasteiger partial charge is 0.120 e. The molecule has 7 rings (SSSR count). The van der Waals surface area contributed by atoms with Gasteiger partial charge in [-0.2, -0.15) is 0 Å². The summed E-state index contributed by atoms with van der Waals surface area (Å²) in [6.45, 7) is 6.19. The predicted molar refractivity (Wildman–Crippen MR) is 174 cm³/mol. The summed E-state index contributed by atoms with van der Waals surface area (Å²) >= 11 is 3.19. The second-order valence-electron chi connectivity index (χ2n) is 10.3. The first-order chi connectivity index (χ1) is 20.7. The Kier molecular flexibility index (Phi) is 9.37. The summed E-state index contributed by atoms with van der Waals surface area (Å²) in [7, 11) is 0. The quantitative estimate of drug-likeness (QED) is 0.185. The molecule has 0 spiro atoms. The molecule has 0 bridgehead atoms. The number of phenols is 1. The molecule has 0 saturated carbocycles. The summed E-state index contributed by atoms with van der Waals surface area (Å²) in [6, 6.07) is 33.4. The van der Waals surface area contributed by atoms with Crippen molar-refractivity contribution in [1.29, 1.82) is 0 Å². The maximum atomic E-state index is 9.03. The monoisotopic (exact) mass is 594 g/mol. The molecule has 42 heavy (non-hydrogen) atoms. The first kappa shape index (κ1) is 28.3. The van der Waals surface area contributed by atoms with Crippen molar-refractivity contribution in [3.8, 4) is 11.5 Å². The fourth-order valence-corrected chi connectivity index (χ4v) is 6.79. The van der Waals surface area contributed by atoms with Crippen LogP contribution < -0.4 is 4.74 Å². The van der Waals surface area contributed by atoms with E-state index in [1.54, 1.807) is 35.0 Å². The van der Waals surface area contributed by atoms with Gasteiger partial charge in [-0.15, -0.1) is 22.7 Å². The van der Waals surface area contributed by atoms with Gasteiger partial charge in [0.15, 0.2) is 0 Å². The van der Waals surface area contributed by atoms with Crippen molar-refractivity contribution in [2.24, 2.45) is 0 Å². The molecule has 2 aromatic heterocycles. The number of hydrogen-bond acceptors (Lipinski definition) is 8. The van der Waals surface area contributed by atoms with Crippen LogP contribution in [0.2, 0.25) is 0 Å². The van der Waals surface area contributed by atoms with Crippen molar-refractivity contribution in [3.63, 3.8) is 0 Å². The maximum absolute atomic E-state index is 9.03. The highest BCUT2D eigenvalue weighted by atomic mass is 32.1. The Morgan fingerprint density at radius 3 is 1.95 bits per heavy atom. The van der Waals surface area contributed by atoms with E-state index in [1.807, 2.05) is 17.6 Å². The molecule has 1 saturated heterocycles. The van der Waals surface area contributed by atoms with E-state index in [1.165, 1.54) is 27.2 Å². The van der Waals surface area contributed by atoms with Crippen LogP contribution in [0.15, 0.2) is 108 Å². The van der Waals surface area contributed by atoms with Gasteiger partial charge < -0.3 is 14.7 Å². The Hall–Kier alpha value is -3.82. The van der Waals surface area contributed by atoms with Crippen molar-refractivity contribution in [2.75, 3.05) is 39.3 Å². The summed E-state index contributed by atoms with van der Waals surface area (Å²) in [5.74, 6) is 1.25. The van der Waals surface area contributed by atoms with Crippen molar-refractivity contribution in [1.82, 2.24) is 19.8 Å². The van der Waals surface area contributed by atoms with Gasteiger partial charge in [-0.1, -0.05) is 60.7 Å². The first-order valence-corrected chi connectivity index (χ1v) is 16.0. The Bertz CT molecular complexity index is 1640. The van der Waals surface area contributed by atoms with Crippen LogP contribution in [0.5, 0.6) is 11.5 Å². The zero-order valence-electron chi connectivity index (χ0n) is 23.4. The van der Waals surface area contributed by atoms with Crippen LogP contribution in [0.3, 0.4) is 0 Å². The molecule has 0 atom stereocenters. The van der Waals surface area contributed by atoms with Crippen LogP contribution >= 0.6 is 22.7 Å². The van der Waals surface area contributed by atoms with Crippen LogP contribution in [0.4, 0.5) is 0 Å². The molecular weight excluding hydrogens is 561 g/mol. The van der Waals surface area contributed by atoms with Crippen LogP contribution in [-0.4, -0.2) is 64.2 Å². The summed E-state index contributed by atoms with van der Waals surface area (Å²) in [4.78, 5) is 13.6. The number of benzene rings is 4. The minimum absolute atomic E-state index is 0.303. The Morgan fingerprint density at radius 2 is 1.31 bits per heavy atom. The number of fused-ring (bicyclic) bond motifs is 2. The Morgan fingerprint density at radius 1 is 0.714 bits per heavy atom. The lowest BCUT2D eigenvalue weighted by atomic mass is 9.96. The molecule has 6 nitrogen and oxygen atoms in total. The fourth-order valence-electron chi connectivity index (χ4n) is 5.38. The predicted octanol–water partition coefficient (Wildman–Crippen LogP) is 7.47. The number of hydrogen-bond donors (Lipinski definition) is 1. The molecule has 0 radical (unpaired) electrons. The average Bonchev–Trinajstić information content (AvgIpc) is 3.71. The lowest BCUT2D eigenvalue weighted by Crippen LogP contribution is -2.48. The van der Waals surface area contributed by atoms with Gasteiger partial charge in [-0.05, 0) is 53.9 Å². The number of phenolic OH excluding ortho intramolecular Hbond substituents is 1. The number of aromatic hydroxyl groups is 1. The largest absolute Gasteiger partial charge is 0.508 e. The van der Waals surface area contributed by atoms with E-state index in [9.17, 15) is 0 Å². The molecule has 214 valence electrons. The lowest BCUT2D eigenvalue weighted by molar-refractivity contribution is 0.105. The van der Waals surface area contributed by atoms with E-state index >= 15 is 0 Å². The summed E-state index contributed by atoms with van der Waals surface area (Å²) in [6.07, 6.45) is 1.04. The van der Waals surface area contributed by atoms with Gasteiger partial charge in [0.25, 0.3) is 0 Å². The third-order valence-electron chi connectivity index (χ3n) is 7.51. The molecule has 1 aliphatic rings. The zero-order valence-corrected chi connectivity index (χ0v) is 25.0. The van der Waals surface area contributed by atoms with E-state index in [2.05, 4.69) is 86.5 Å². The van der Waals surface area contributed by atoms with Gasteiger partial charge >= 0.3 is 0 Å². The Balaban J connectivity index is 0.000000265. The summed E-state index contributed by atoms with van der Waals surface area (Å²) in [5, 5.41) is 9.03. The van der Waals surface area contributed by atoms with Crippen molar-refractivity contribution >= 4 is 43.1 Å². The highest BCUT2D eigenvalue weighted by molar-refractivity contribution is 7.17. The molecule has 6 aromatic rings. The number of piperazine rings is 1. The van der Waals surface area contributed by atoms with Crippen LogP contribution in [0.1, 0.15) is 23.6 Å². The fraction of sp³-hybridized carbons (Fsp3) is 0.235. The molecule has 3 heterocycles. The third-order valence-corrected chi connectivity index (χ3v) is 9.09. The summed E-state index contributed by atoms with van der Waals surface area (Å²) in [5.41, 5.74) is 8.39. The number of thiazole rings is 2. The second-order valence-corrected chi connectivity index (χ2v) is 12.1. The minimum Gasteiger partial charge on any atom is -0.508 e. The van der Waals surface area contributed by atoms with Crippen molar-refractivity contribution in [2.45, 2.75) is 12.5 Å². The van der Waals surface area contributed by atoms with E-state index < -0.39 is 0 Å². The van der Waals surface area contributed by atoms with Gasteiger partial charge in [0.1, 0.15) is 11.5 Å². The van der Waals surface area contributed by atoms with Gasteiger partial charge in [0.2, 0.25) is 0 Å². The summed E-state index contributed by atoms with van der Waals surface area (Å²) < 4.78 is 8.20. The SMILES string of the molecule is Oc1ccc2ncsc2c1.c1ccc(C(c2ccccc2)N2CCN(CCCOc3ccc4ncsc4c3)CC2)cc1. The standard InChI is InChI=1S/C27H29N3OS.C7H5NOS/c1-3-8-22(9-4-1)27(23-10-5-2-6-11-23)30-17-15-29(16-18-30)14-7-19-31-24-12-13-25-26(20-24)32-21-28-25;9-5-1-2-6-7(3-5)10-4-8-6/h1-6,8-13,20-21,27H,7,14-19H2;1-4,9H. The molecule has 0 aliphatic carbocycles. The van der Waals surface area contributed by atoms with E-state index in [4.69, 9.17) is 9.84 Å². The first-order valence-electron chi connectivity index (χ1n) is 14.3. The molecule has 0 unspecified atom stereocenters. The Labute approximate surface area is 254 Å². The average molecular weight is 595 g/mol. The second kappa shape index (κ2) is 13.9. The van der Waals surface area contributed by atoms with E-state index in [0.29, 0.717) is 11.8 Å². The minimum atomic E-state index is 0.303. The highest BCUT2D eigenvalue weighted by Gasteiger charge is 2.26. The topological polar surface area (TPSA) is 61.7 Å². The highest BCUT2D eigenvalue weighted by Crippen LogP contribution is 2.29. The molecule has 1 aliphatic heterocycles. The molecule has 8 heteroatoms. The van der Waals surface area contributed by atoms with Gasteiger partial charge in [-0.25, -0.2) is 9.97 Å². The van der Waals surface area contributed by atoms with Gasteiger partial charge in [-0.3, -0.25) is 4.90 Å². The van der Waals surface area contributed by atoms with Gasteiger partial charge in [0, 0.05) is 32.7 Å². The van der Waals surface area contributed by atoms with Crippen molar-refractivity contribution in [3.05, 3.63) is 119 Å². The molecule has 1 N–H and O–H groups in total. The lowest BCUT2D eigenvalue weighted by Gasteiger charge is -2.39. The number of nitrogens with zero attached hydrogens (tertiary/aromatic N) is 4. The zero-order chi connectivity index (χ0) is 28.6. The van der Waals surface area contributed by atoms with Crippen LogP contribution in [0, 0.1) is 0 Å². The maximum Gasteiger partial charge on any atom is 0.120 e. The number of rotatable bonds is 8. The van der Waals surface area contributed by atoms with Crippen LogP contribution in [0.25, 0.3) is 20.4 Å².